The van der Waals surface area contributed by atoms with Crippen LogP contribution in [0.2, 0.25) is 0 Å². The van der Waals surface area contributed by atoms with Gasteiger partial charge in [-0.25, -0.2) is 4.39 Å². The lowest BCUT2D eigenvalue weighted by atomic mass is 10.1. The summed E-state index contributed by atoms with van der Waals surface area (Å²) in [6.45, 7) is 2.17. The first-order chi connectivity index (χ1) is 12.1. The molecule has 0 aliphatic heterocycles. The number of carbonyl (C=O) groups is 1. The average molecular weight is 407 g/mol. The summed E-state index contributed by atoms with van der Waals surface area (Å²) in [6.07, 6.45) is 1.57. The topological polar surface area (TPSA) is 48.7 Å². The molecule has 130 valence electrons. The highest BCUT2D eigenvalue weighted by Gasteiger charge is 2.15. The maximum Gasteiger partial charge on any atom is 0.310 e. The molecule has 0 aliphatic rings. The Kier molecular flexibility index (Phi) is 5.38. The Balaban J connectivity index is 1.80. The number of para-hydroxylation sites is 1. The van der Waals surface area contributed by atoms with Crippen LogP contribution in [0.4, 0.5) is 4.39 Å². The molecular formula is C19H16BrFO4. The van der Waals surface area contributed by atoms with E-state index in [2.05, 4.69) is 15.9 Å². The highest BCUT2D eigenvalue weighted by molar-refractivity contribution is 9.10. The summed E-state index contributed by atoms with van der Waals surface area (Å²) in [6, 6.07) is 10.1. The molecule has 0 aliphatic carbocycles. The van der Waals surface area contributed by atoms with Crippen molar-refractivity contribution in [3.63, 3.8) is 0 Å². The van der Waals surface area contributed by atoms with Crippen LogP contribution in [0, 0.1) is 5.82 Å². The number of furan rings is 1. The number of hydrogen-bond acceptors (Lipinski definition) is 4. The molecule has 4 nitrogen and oxygen atoms in total. The molecule has 0 radical (unpaired) electrons. The number of hydrogen-bond donors (Lipinski definition) is 0. The molecule has 0 saturated heterocycles. The summed E-state index contributed by atoms with van der Waals surface area (Å²) in [4.78, 5) is 11.7. The van der Waals surface area contributed by atoms with E-state index in [1.54, 1.807) is 25.3 Å². The number of rotatable bonds is 6. The Morgan fingerprint density at radius 2 is 2.12 bits per heavy atom. The molecule has 0 atom stereocenters. The molecule has 0 unspecified atom stereocenters. The van der Waals surface area contributed by atoms with Crippen LogP contribution in [0.15, 0.2) is 51.6 Å². The highest BCUT2D eigenvalue weighted by Crippen LogP contribution is 2.29. The second-order valence-corrected chi connectivity index (χ2v) is 6.27. The van der Waals surface area contributed by atoms with E-state index in [1.165, 1.54) is 6.07 Å². The van der Waals surface area contributed by atoms with Crippen LogP contribution in [-0.2, 0) is 22.6 Å². The van der Waals surface area contributed by atoms with Gasteiger partial charge in [-0.3, -0.25) is 4.79 Å². The van der Waals surface area contributed by atoms with E-state index in [0.717, 1.165) is 21.0 Å². The summed E-state index contributed by atoms with van der Waals surface area (Å²) in [5.74, 6) is -0.857. The molecule has 0 amide bonds. The van der Waals surface area contributed by atoms with E-state index in [-0.39, 0.29) is 25.4 Å². The van der Waals surface area contributed by atoms with E-state index in [4.69, 9.17) is 13.9 Å². The van der Waals surface area contributed by atoms with Gasteiger partial charge in [-0.1, -0.05) is 12.1 Å². The van der Waals surface area contributed by atoms with Crippen molar-refractivity contribution in [1.29, 1.82) is 0 Å². The predicted molar refractivity (Wildman–Crippen MR) is 95.0 cm³/mol. The maximum atomic E-state index is 14.2. The van der Waals surface area contributed by atoms with E-state index >= 15 is 0 Å². The zero-order chi connectivity index (χ0) is 17.8. The van der Waals surface area contributed by atoms with E-state index in [1.807, 2.05) is 18.2 Å². The van der Waals surface area contributed by atoms with Gasteiger partial charge < -0.3 is 13.9 Å². The fourth-order valence-electron chi connectivity index (χ4n) is 2.56. The zero-order valence-corrected chi connectivity index (χ0v) is 15.1. The van der Waals surface area contributed by atoms with Gasteiger partial charge in [0, 0.05) is 10.9 Å². The quantitative estimate of drug-likeness (QED) is 0.539. The monoisotopic (exact) mass is 406 g/mol. The third-order valence-electron chi connectivity index (χ3n) is 3.64. The molecule has 2 aromatic carbocycles. The number of ether oxygens (including phenoxy) is 2. The van der Waals surface area contributed by atoms with Crippen LogP contribution in [0.1, 0.15) is 18.1 Å². The normalized spacial score (nSPS) is 10.8. The largest absolute Gasteiger partial charge is 0.486 e. The standard InChI is InChI=1S/C19H16BrFO4/c1-2-23-17(22)10-13-4-3-5-16(21)19(13)25-11-12-8-14-6-7-24-18(14)15(20)9-12/h3-9H,2,10-11H2,1H3. The summed E-state index contributed by atoms with van der Waals surface area (Å²) in [5, 5.41) is 0.924. The van der Waals surface area contributed by atoms with Gasteiger partial charge in [-0.15, -0.1) is 0 Å². The first kappa shape index (κ1) is 17.5. The lowest BCUT2D eigenvalue weighted by Crippen LogP contribution is -2.10. The van der Waals surface area contributed by atoms with Crippen LogP contribution >= 0.6 is 15.9 Å². The van der Waals surface area contributed by atoms with E-state index < -0.39 is 11.8 Å². The molecule has 0 spiro atoms. The molecule has 1 aromatic heterocycles. The molecule has 1 heterocycles. The first-order valence-corrected chi connectivity index (χ1v) is 8.59. The van der Waals surface area contributed by atoms with Crippen molar-refractivity contribution < 1.29 is 23.1 Å². The second kappa shape index (κ2) is 7.70. The van der Waals surface area contributed by atoms with E-state index in [0.29, 0.717) is 5.56 Å². The maximum absolute atomic E-state index is 14.2. The molecule has 6 heteroatoms. The molecule has 0 fully saturated rings. The lowest BCUT2D eigenvalue weighted by Gasteiger charge is -2.12. The summed E-state index contributed by atoms with van der Waals surface area (Å²) >= 11 is 3.45. The Morgan fingerprint density at radius 3 is 2.92 bits per heavy atom. The van der Waals surface area contributed by atoms with Gasteiger partial charge in [-0.2, -0.15) is 0 Å². The SMILES string of the molecule is CCOC(=O)Cc1cccc(F)c1OCc1cc(Br)c2occc2c1. The van der Waals surface area contributed by atoms with Crippen LogP contribution in [0.3, 0.4) is 0 Å². The van der Waals surface area contributed by atoms with Crippen molar-refractivity contribution in [1.82, 2.24) is 0 Å². The minimum atomic E-state index is -0.509. The number of fused-ring (bicyclic) bond motifs is 1. The van der Waals surface area contributed by atoms with Crippen LogP contribution in [0.5, 0.6) is 5.75 Å². The summed E-state index contributed by atoms with van der Waals surface area (Å²) in [5.41, 5.74) is 2.06. The molecule has 0 saturated carbocycles. The third-order valence-corrected chi connectivity index (χ3v) is 4.23. The van der Waals surface area contributed by atoms with Gasteiger partial charge in [0.2, 0.25) is 0 Å². The predicted octanol–water partition coefficient (Wildman–Crippen LogP) is 5.02. The average Bonchev–Trinajstić information content (AvgIpc) is 3.03. The fourth-order valence-corrected chi connectivity index (χ4v) is 3.17. The zero-order valence-electron chi connectivity index (χ0n) is 13.6. The van der Waals surface area contributed by atoms with Gasteiger partial charge in [0.15, 0.2) is 11.6 Å². The second-order valence-electron chi connectivity index (χ2n) is 5.42. The van der Waals surface area contributed by atoms with Gasteiger partial charge >= 0.3 is 5.97 Å². The number of benzene rings is 2. The van der Waals surface area contributed by atoms with Gasteiger partial charge in [0.05, 0.1) is 23.8 Å². The Morgan fingerprint density at radius 1 is 1.28 bits per heavy atom. The Bertz CT molecular complexity index is 904. The Labute approximate surface area is 152 Å². The molecule has 0 N–H and O–H groups in total. The lowest BCUT2D eigenvalue weighted by molar-refractivity contribution is -0.142. The minimum Gasteiger partial charge on any atom is -0.486 e. The molecule has 3 aromatic rings. The number of esters is 1. The van der Waals surface area contributed by atoms with Crippen molar-refractivity contribution in [3.8, 4) is 5.75 Å². The Hall–Kier alpha value is -2.34. The van der Waals surface area contributed by atoms with Crippen LogP contribution < -0.4 is 4.74 Å². The van der Waals surface area contributed by atoms with Crippen LogP contribution in [-0.4, -0.2) is 12.6 Å². The number of halogens is 2. The molecule has 25 heavy (non-hydrogen) atoms. The highest BCUT2D eigenvalue weighted by atomic mass is 79.9. The van der Waals surface area contributed by atoms with E-state index in [9.17, 15) is 9.18 Å². The van der Waals surface area contributed by atoms with Gasteiger partial charge in [0.25, 0.3) is 0 Å². The van der Waals surface area contributed by atoms with Crippen molar-refractivity contribution in [2.45, 2.75) is 20.0 Å². The summed E-state index contributed by atoms with van der Waals surface area (Å²) in [7, 11) is 0. The van der Waals surface area contributed by atoms with Gasteiger partial charge in [0.1, 0.15) is 12.2 Å². The molecular weight excluding hydrogens is 391 g/mol. The molecule has 3 rings (SSSR count). The minimum absolute atomic E-state index is 0.0363. The van der Waals surface area contributed by atoms with Crippen molar-refractivity contribution in [3.05, 3.63) is 64.1 Å². The van der Waals surface area contributed by atoms with Crippen LogP contribution in [0.25, 0.3) is 11.0 Å². The van der Waals surface area contributed by atoms with Gasteiger partial charge in [-0.05, 0) is 52.7 Å². The van der Waals surface area contributed by atoms with Crippen molar-refractivity contribution in [2.24, 2.45) is 0 Å². The fraction of sp³-hybridized carbons (Fsp3) is 0.211. The molecule has 0 bridgehead atoms. The first-order valence-electron chi connectivity index (χ1n) is 7.80. The van der Waals surface area contributed by atoms with Crippen molar-refractivity contribution >= 4 is 32.9 Å². The summed E-state index contributed by atoms with van der Waals surface area (Å²) < 4.78 is 30.9. The van der Waals surface area contributed by atoms with Crippen molar-refractivity contribution in [2.75, 3.05) is 6.61 Å². The smallest absolute Gasteiger partial charge is 0.310 e. The third kappa shape index (κ3) is 4.02. The number of carbonyl (C=O) groups excluding carboxylic acids is 1.